The van der Waals surface area contributed by atoms with Crippen molar-refractivity contribution in [2.45, 2.75) is 0 Å². The highest BCUT2D eigenvalue weighted by molar-refractivity contribution is 6.21. The van der Waals surface area contributed by atoms with E-state index in [0.29, 0.717) is 34.9 Å². The molecule has 0 saturated heterocycles. The maximum atomic E-state index is 6.81. The van der Waals surface area contributed by atoms with Crippen LogP contribution in [-0.2, 0) is 0 Å². The molecule has 0 unspecified atom stereocenters. The van der Waals surface area contributed by atoms with Crippen LogP contribution in [0.5, 0.6) is 0 Å². The lowest BCUT2D eigenvalue weighted by molar-refractivity contribution is 0.669. The first kappa shape index (κ1) is 68.4. The van der Waals surface area contributed by atoms with Crippen LogP contribution in [-0.4, -0.2) is 39.0 Å². The van der Waals surface area contributed by atoms with Crippen LogP contribution in [0, 0.1) is 0 Å². The molecule has 0 fully saturated rings. The number of nitrogens with zero attached hydrogens (tertiary/aromatic N) is 8. The first-order valence-corrected chi connectivity index (χ1v) is 39.9. The van der Waals surface area contributed by atoms with E-state index < -0.39 is 0 Å². The second-order valence-corrected chi connectivity index (χ2v) is 29.9. The molecule has 0 atom stereocenters. The fourth-order valence-corrected chi connectivity index (χ4v) is 17.3. The summed E-state index contributed by atoms with van der Waals surface area (Å²) >= 11 is 0. The highest BCUT2D eigenvalue weighted by Gasteiger charge is 2.26. The SMILES string of the molecule is c1ccc(-c2ccc(-c3nc(-c4cccc(-c5ccccc5)c4)nc(-c4ccccc4-n4c5ccccc5c5cc6c(cc54)oc4c(-c5ccccc5)cccc46)n3)cc2)cc1.c1ccc(-c2nc(-c3ccc4c(c3)oc3ccccc34)nc(-c3ccccc3-n3c4ccccc4c4cc5c(cc43)oc3c(-c4ccccc4)cccc35)n2)cc1. The Morgan fingerprint density at radius 2 is 0.487 bits per heavy atom. The van der Waals surface area contributed by atoms with E-state index in [1.54, 1.807) is 0 Å². The van der Waals surface area contributed by atoms with E-state index in [1.165, 1.54) is 0 Å². The van der Waals surface area contributed by atoms with Crippen molar-refractivity contribution in [3.63, 3.8) is 0 Å². The van der Waals surface area contributed by atoms with Gasteiger partial charge in [0.2, 0.25) is 0 Å². The Morgan fingerprint density at radius 3 is 1.01 bits per heavy atom. The molecule has 0 amide bonds. The zero-order chi connectivity index (χ0) is 78.4. The summed E-state index contributed by atoms with van der Waals surface area (Å²) < 4.78 is 24.5. The van der Waals surface area contributed by atoms with Crippen molar-refractivity contribution >= 4 is 109 Å². The van der Waals surface area contributed by atoms with E-state index in [2.05, 4.69) is 325 Å². The summed E-state index contributed by atoms with van der Waals surface area (Å²) in [5.74, 6) is 3.52. The Hall–Kier alpha value is -16.2. The van der Waals surface area contributed by atoms with Crippen LogP contribution in [0.2, 0.25) is 0 Å². The number of fused-ring (bicyclic) bond motifs is 15. The molecule has 24 aromatic rings. The lowest BCUT2D eigenvalue weighted by Gasteiger charge is -2.15. The van der Waals surface area contributed by atoms with E-state index in [9.17, 15) is 0 Å². The van der Waals surface area contributed by atoms with Crippen LogP contribution in [0.4, 0.5) is 0 Å². The largest absolute Gasteiger partial charge is 0.456 e. The topological polar surface area (TPSA) is 127 Å². The molecule has 11 heteroatoms. The predicted octanol–water partition coefficient (Wildman–Crippen LogP) is 28.3. The normalized spacial score (nSPS) is 11.7. The zero-order valence-electron chi connectivity index (χ0n) is 63.9. The summed E-state index contributed by atoms with van der Waals surface area (Å²) in [7, 11) is 0. The first-order valence-electron chi connectivity index (χ1n) is 39.9. The van der Waals surface area contributed by atoms with Gasteiger partial charge in [0.25, 0.3) is 0 Å². The molecule has 7 heterocycles. The highest BCUT2D eigenvalue weighted by Crippen LogP contribution is 2.46. The molecule has 17 aromatic carbocycles. The van der Waals surface area contributed by atoms with Crippen LogP contribution in [0.3, 0.4) is 0 Å². The van der Waals surface area contributed by atoms with Crippen molar-refractivity contribution in [3.8, 4) is 124 Å². The average molecular weight is 1520 g/mol. The van der Waals surface area contributed by atoms with Gasteiger partial charge in [-0.1, -0.05) is 315 Å². The van der Waals surface area contributed by atoms with Gasteiger partial charge < -0.3 is 22.4 Å². The fraction of sp³-hybridized carbons (Fsp3) is 0. The van der Waals surface area contributed by atoms with Crippen LogP contribution in [0.25, 0.3) is 234 Å². The summed E-state index contributed by atoms with van der Waals surface area (Å²) in [6.07, 6.45) is 0. The Kier molecular flexibility index (Phi) is 16.3. The Balaban J connectivity index is 0.000000140. The van der Waals surface area contributed by atoms with Crippen molar-refractivity contribution in [1.82, 2.24) is 39.0 Å². The number of rotatable bonds is 12. The molecule has 0 aliphatic heterocycles. The lowest BCUT2D eigenvalue weighted by Crippen LogP contribution is -2.03. The molecule has 0 saturated carbocycles. The number of hydrogen-bond acceptors (Lipinski definition) is 9. The maximum absolute atomic E-state index is 6.81. The molecule has 0 spiro atoms. The minimum absolute atomic E-state index is 0.566. The minimum Gasteiger partial charge on any atom is -0.456 e. The van der Waals surface area contributed by atoms with Gasteiger partial charge >= 0.3 is 0 Å². The van der Waals surface area contributed by atoms with Crippen molar-refractivity contribution in [3.05, 3.63) is 400 Å². The summed E-state index contributed by atoms with van der Waals surface area (Å²) in [5.41, 5.74) is 25.5. The maximum Gasteiger partial charge on any atom is 0.166 e. The van der Waals surface area contributed by atoms with Crippen LogP contribution < -0.4 is 0 Å². The standard InChI is InChI=1S/C57H36N4O.C51H30N4O2/c1-4-16-37(17-5-1)39-30-32-41(33-31-39)55-58-56(43-23-14-22-42(34-43)38-18-6-2-7-19-38)60-57(59-55)47-25-11-13-29-51(47)61-50-28-12-10-24-45(50)48-35-49-46-27-15-26-44(40-20-8-3-9-21-40)54(46)62-53(49)36-52(48)61;1-3-14-31(15-4-1)34-21-13-22-38-41-29-40-35-18-7-10-23-42(35)55(44(40)30-47(41)57-48(34)38)43-24-11-8-20-39(43)51-53-49(32-16-5-2-6-17-32)52-50(54-51)33-26-27-37-36-19-9-12-25-45(36)56-46(37)28-33/h1-36H;1-30H. The van der Waals surface area contributed by atoms with Crippen molar-refractivity contribution in [2.24, 2.45) is 0 Å². The van der Waals surface area contributed by atoms with Gasteiger partial charge in [-0.2, -0.15) is 0 Å². The average Bonchev–Trinajstić information content (AvgIpc) is 1.57. The quantitative estimate of drug-likeness (QED) is 0.117. The van der Waals surface area contributed by atoms with Gasteiger partial charge in [-0.3, -0.25) is 0 Å². The van der Waals surface area contributed by atoms with Crippen molar-refractivity contribution in [2.75, 3.05) is 0 Å². The smallest absolute Gasteiger partial charge is 0.166 e. The van der Waals surface area contributed by atoms with Gasteiger partial charge in [-0.15, -0.1) is 0 Å². The highest BCUT2D eigenvalue weighted by atomic mass is 16.3. The molecule has 0 aliphatic rings. The van der Waals surface area contributed by atoms with E-state index in [1.807, 2.05) is 84.9 Å². The molecule has 7 aromatic heterocycles. The molecular formula is C108H66N8O3. The predicted molar refractivity (Wildman–Crippen MR) is 485 cm³/mol. The second-order valence-electron chi connectivity index (χ2n) is 29.9. The third-order valence-corrected chi connectivity index (χ3v) is 22.9. The minimum atomic E-state index is 0.566. The summed E-state index contributed by atoms with van der Waals surface area (Å²) in [5, 5.41) is 11.1. The Labute approximate surface area is 682 Å². The van der Waals surface area contributed by atoms with Gasteiger partial charge in [0, 0.05) is 111 Å². The number of furan rings is 3. The molecule has 0 radical (unpaired) electrons. The van der Waals surface area contributed by atoms with Gasteiger partial charge in [-0.05, 0) is 106 Å². The van der Waals surface area contributed by atoms with Gasteiger partial charge in [0.15, 0.2) is 34.9 Å². The van der Waals surface area contributed by atoms with Gasteiger partial charge in [-0.25, -0.2) is 29.9 Å². The Bertz CT molecular complexity index is 8090. The molecule has 24 rings (SSSR count). The molecule has 11 nitrogen and oxygen atoms in total. The number of benzene rings is 17. The van der Waals surface area contributed by atoms with Crippen LogP contribution in [0.1, 0.15) is 0 Å². The second kappa shape index (κ2) is 28.4. The number of hydrogen-bond donors (Lipinski definition) is 0. The number of aromatic nitrogens is 8. The monoisotopic (exact) mass is 1520 g/mol. The van der Waals surface area contributed by atoms with Crippen molar-refractivity contribution in [1.29, 1.82) is 0 Å². The zero-order valence-corrected chi connectivity index (χ0v) is 63.9. The third-order valence-electron chi connectivity index (χ3n) is 22.9. The van der Waals surface area contributed by atoms with E-state index >= 15 is 0 Å². The molecule has 556 valence electrons. The van der Waals surface area contributed by atoms with E-state index in [4.69, 9.17) is 43.2 Å². The van der Waals surface area contributed by atoms with Gasteiger partial charge in [0.1, 0.15) is 33.5 Å². The molecular weight excluding hydrogens is 1460 g/mol. The van der Waals surface area contributed by atoms with E-state index in [-0.39, 0.29) is 0 Å². The summed E-state index contributed by atoms with van der Waals surface area (Å²) in [6, 6.07) is 139. The molecule has 0 aliphatic carbocycles. The lowest BCUT2D eigenvalue weighted by atomic mass is 10.0. The third kappa shape index (κ3) is 11.9. The summed E-state index contributed by atoms with van der Waals surface area (Å²) in [4.78, 5) is 31.2. The first-order chi connectivity index (χ1) is 59.0. The fourth-order valence-electron chi connectivity index (χ4n) is 17.3. The summed E-state index contributed by atoms with van der Waals surface area (Å²) in [6.45, 7) is 0. The molecule has 0 N–H and O–H groups in total. The van der Waals surface area contributed by atoms with Crippen molar-refractivity contribution < 1.29 is 13.3 Å². The van der Waals surface area contributed by atoms with Crippen LogP contribution in [0.15, 0.2) is 414 Å². The number of para-hydroxylation sites is 7. The van der Waals surface area contributed by atoms with Crippen LogP contribution >= 0.6 is 0 Å². The molecule has 119 heavy (non-hydrogen) atoms. The van der Waals surface area contributed by atoms with Gasteiger partial charge in [0.05, 0.1) is 33.4 Å². The molecule has 0 bridgehead atoms. The Morgan fingerprint density at radius 1 is 0.160 bits per heavy atom. The van der Waals surface area contributed by atoms with E-state index in [0.717, 1.165) is 199 Å².